The van der Waals surface area contributed by atoms with Crippen LogP contribution in [0, 0.1) is 0 Å². The highest BCUT2D eigenvalue weighted by Gasteiger charge is 2.08. The molecule has 0 heterocycles. The van der Waals surface area contributed by atoms with Crippen molar-refractivity contribution in [2.24, 2.45) is 0 Å². The molecule has 0 aliphatic carbocycles. The predicted molar refractivity (Wildman–Crippen MR) is 88.8 cm³/mol. The largest absolute Gasteiger partial charge is 0.359 e. The molecule has 0 saturated heterocycles. The zero-order valence-electron chi connectivity index (χ0n) is 13.1. The molecule has 0 aliphatic heterocycles. The van der Waals surface area contributed by atoms with Gasteiger partial charge < -0.3 is 16.0 Å². The molecule has 0 fully saturated rings. The Bertz CT molecular complexity index is 215. The molecule has 0 aromatic rings. The van der Waals surface area contributed by atoms with Gasteiger partial charge in [-0.1, -0.05) is 21.6 Å². The van der Waals surface area contributed by atoms with Gasteiger partial charge in [0.15, 0.2) is 0 Å². The molecule has 0 aromatic carbocycles. The van der Waals surface area contributed by atoms with Crippen LogP contribution in [0.4, 0.5) is 0 Å². The van der Waals surface area contributed by atoms with Crippen LogP contribution < -0.4 is 16.0 Å². The quantitative estimate of drug-likeness (QED) is 0.639. The van der Waals surface area contributed by atoms with Gasteiger partial charge in [0.05, 0.1) is 6.04 Å². The molecule has 3 N–H and O–H groups in total. The van der Waals surface area contributed by atoms with Crippen LogP contribution in [0.3, 0.4) is 0 Å². The Morgan fingerprint density at radius 2 is 1.47 bits per heavy atom. The number of likely N-dealkylation sites (N-methyl/N-ethyl adjacent to an activating group) is 1. The van der Waals surface area contributed by atoms with Crippen molar-refractivity contribution in [3.05, 3.63) is 0 Å². The third-order valence-corrected chi connectivity index (χ3v) is 3.37. The van der Waals surface area contributed by atoms with Crippen molar-refractivity contribution in [3.8, 4) is 0 Å². The van der Waals surface area contributed by atoms with Gasteiger partial charge in [0.25, 0.3) is 0 Å². The summed E-state index contributed by atoms with van der Waals surface area (Å²) in [6.07, 6.45) is 4.98. The third-order valence-electron chi connectivity index (χ3n) is 2.04. The predicted octanol–water partition coefficient (Wildman–Crippen LogP) is 1.15. The Balaban J connectivity index is -0.000000238. The lowest BCUT2D eigenvalue weighted by molar-refractivity contribution is -0.119. The van der Waals surface area contributed by atoms with E-state index in [1.165, 1.54) is 6.92 Å². The molecule has 0 aliphatic rings. The van der Waals surface area contributed by atoms with E-state index in [1.54, 1.807) is 35.6 Å². The molecule has 19 heavy (non-hydrogen) atoms. The van der Waals surface area contributed by atoms with Crippen LogP contribution in [0.15, 0.2) is 0 Å². The summed E-state index contributed by atoms with van der Waals surface area (Å²) in [7, 11) is 8.83. The van der Waals surface area contributed by atoms with Gasteiger partial charge in [-0.2, -0.15) is 0 Å². The van der Waals surface area contributed by atoms with Gasteiger partial charge >= 0.3 is 0 Å². The molecule has 0 spiro atoms. The maximum Gasteiger partial charge on any atom is 0.216 e. The number of carbonyl (C=O) groups is 2. The normalized spacial score (nSPS) is 10.3. The first-order valence-corrected chi connectivity index (χ1v) is 8.95. The number of rotatable bonds is 6. The summed E-state index contributed by atoms with van der Waals surface area (Å²) < 4.78 is 0. The van der Waals surface area contributed by atoms with Crippen molar-refractivity contribution >= 4 is 33.3 Å². The van der Waals surface area contributed by atoms with E-state index in [9.17, 15) is 9.59 Å². The van der Waals surface area contributed by atoms with E-state index < -0.39 is 0 Å². The van der Waals surface area contributed by atoms with E-state index in [2.05, 4.69) is 28.5 Å². The molecule has 0 bridgehead atoms. The maximum atomic E-state index is 10.8. The molecular weight excluding hydrogens is 282 g/mol. The van der Waals surface area contributed by atoms with Gasteiger partial charge in [-0.15, -0.1) is 0 Å². The van der Waals surface area contributed by atoms with Crippen molar-refractivity contribution < 1.29 is 9.59 Å². The fourth-order valence-corrected chi connectivity index (χ4v) is 0.840. The highest BCUT2D eigenvalue weighted by atomic mass is 33.1. The monoisotopic (exact) mass is 311 g/mol. The first-order chi connectivity index (χ1) is 8.90. The fraction of sp³-hybridized carbons (Fsp3) is 0.833. The summed E-state index contributed by atoms with van der Waals surface area (Å²) in [5.74, 6) is 0.211. The van der Waals surface area contributed by atoms with Crippen LogP contribution in [0.25, 0.3) is 0 Å². The van der Waals surface area contributed by atoms with Crippen LogP contribution in [0.2, 0.25) is 0 Å². The molecule has 116 valence electrons. The lowest BCUT2D eigenvalue weighted by Crippen LogP contribution is -2.34. The molecule has 0 saturated carbocycles. The minimum atomic E-state index is 0.00463. The molecule has 1 atom stereocenters. The Morgan fingerprint density at radius 3 is 1.63 bits per heavy atom. The summed E-state index contributed by atoms with van der Waals surface area (Å²) in [6, 6.07) is 0.0208. The second-order valence-electron chi connectivity index (χ2n) is 3.48. The smallest absolute Gasteiger partial charge is 0.216 e. The molecule has 0 aromatic heterocycles. The van der Waals surface area contributed by atoms with Gasteiger partial charge in [0.2, 0.25) is 5.91 Å². The standard InChI is InChI=1S/C7H16N2O.C3H7NO.C2H6S2/c1-6(10)7(9-3)4-5-8-2;1-3(5)4-2;1-3-4-2/h7-9H,4-5H2,1-3H3;1-2H3,(H,4,5);1-2H3/t7-;;/m0../s1. The van der Waals surface area contributed by atoms with E-state index in [0.29, 0.717) is 0 Å². The van der Waals surface area contributed by atoms with Crippen LogP contribution in [-0.2, 0) is 9.59 Å². The van der Waals surface area contributed by atoms with Crippen molar-refractivity contribution in [3.63, 3.8) is 0 Å². The van der Waals surface area contributed by atoms with Gasteiger partial charge in [-0.05, 0) is 46.5 Å². The SMILES string of the molecule is CNC(C)=O.CNCC[C@H](NC)C(C)=O.CSSC. The molecule has 0 rings (SSSR count). The van der Waals surface area contributed by atoms with Crippen molar-refractivity contribution in [1.29, 1.82) is 0 Å². The highest BCUT2D eigenvalue weighted by Crippen LogP contribution is 2.09. The van der Waals surface area contributed by atoms with E-state index in [-0.39, 0.29) is 17.7 Å². The van der Waals surface area contributed by atoms with Crippen LogP contribution in [0.1, 0.15) is 20.3 Å². The molecule has 1 amide bonds. The number of carbonyl (C=O) groups excluding carboxylic acids is 2. The van der Waals surface area contributed by atoms with Gasteiger partial charge in [0.1, 0.15) is 5.78 Å². The average Bonchev–Trinajstić information content (AvgIpc) is 2.40. The zero-order valence-corrected chi connectivity index (χ0v) is 14.8. The van der Waals surface area contributed by atoms with E-state index in [0.717, 1.165) is 13.0 Å². The van der Waals surface area contributed by atoms with Crippen LogP contribution >= 0.6 is 21.6 Å². The Kier molecular flexibility index (Phi) is 25.2. The van der Waals surface area contributed by atoms with Crippen molar-refractivity contribution in [2.75, 3.05) is 40.2 Å². The fourth-order valence-electron chi connectivity index (χ4n) is 0.840. The van der Waals surface area contributed by atoms with E-state index in [4.69, 9.17) is 0 Å². The molecule has 7 heteroatoms. The first kappa shape index (κ1) is 23.8. The lowest BCUT2D eigenvalue weighted by atomic mass is 10.1. The number of ketones is 1. The van der Waals surface area contributed by atoms with Gasteiger partial charge in [-0.25, -0.2) is 0 Å². The van der Waals surface area contributed by atoms with Crippen molar-refractivity contribution in [1.82, 2.24) is 16.0 Å². The molecule has 0 radical (unpaired) electrons. The minimum absolute atomic E-state index is 0.00463. The highest BCUT2D eigenvalue weighted by molar-refractivity contribution is 8.76. The number of hydrogen-bond acceptors (Lipinski definition) is 6. The summed E-state index contributed by atoms with van der Waals surface area (Å²) in [6.45, 7) is 3.96. The Labute approximate surface area is 125 Å². The number of hydrogen-bond donors (Lipinski definition) is 3. The second kappa shape index (κ2) is 20.1. The number of Topliss-reactive ketones (excluding diaryl/α,β-unsaturated/α-hetero) is 1. The third kappa shape index (κ3) is 27.1. The molecule has 5 nitrogen and oxygen atoms in total. The summed E-state index contributed by atoms with van der Waals surface area (Å²) >= 11 is 0. The van der Waals surface area contributed by atoms with Gasteiger partial charge in [-0.3, -0.25) is 9.59 Å². The van der Waals surface area contributed by atoms with Gasteiger partial charge in [0, 0.05) is 14.0 Å². The lowest BCUT2D eigenvalue weighted by Gasteiger charge is -2.10. The zero-order chi connectivity index (χ0) is 15.7. The number of nitrogens with one attached hydrogen (secondary N) is 3. The van der Waals surface area contributed by atoms with Crippen LogP contribution in [-0.4, -0.2) is 57.9 Å². The maximum absolute atomic E-state index is 10.8. The van der Waals surface area contributed by atoms with E-state index >= 15 is 0 Å². The Hall–Kier alpha value is -0.240. The summed E-state index contributed by atoms with van der Waals surface area (Å²) in [4.78, 5) is 20.5. The minimum Gasteiger partial charge on any atom is -0.359 e. The average molecular weight is 312 g/mol. The molecular formula is C12H29N3O2S2. The first-order valence-electron chi connectivity index (χ1n) is 5.98. The topological polar surface area (TPSA) is 70.2 Å². The van der Waals surface area contributed by atoms with E-state index in [1.807, 2.05) is 14.1 Å². The summed E-state index contributed by atoms with van der Waals surface area (Å²) in [5, 5.41) is 8.33. The van der Waals surface area contributed by atoms with Crippen molar-refractivity contribution in [2.45, 2.75) is 26.3 Å². The molecule has 0 unspecified atom stereocenters. The number of amides is 1. The van der Waals surface area contributed by atoms with Crippen LogP contribution in [0.5, 0.6) is 0 Å². The second-order valence-corrected chi connectivity index (χ2v) is 6.15. The Morgan fingerprint density at radius 1 is 1.05 bits per heavy atom. The summed E-state index contributed by atoms with van der Waals surface area (Å²) in [5.41, 5.74) is 0.